The fraction of sp³-hybridized carbons (Fsp3) is 0.286. The summed E-state index contributed by atoms with van der Waals surface area (Å²) in [5, 5.41) is 3.58. The smallest absolute Gasteiger partial charge is 0.129 e. The van der Waals surface area contributed by atoms with Crippen molar-refractivity contribution in [1.29, 1.82) is 0 Å². The summed E-state index contributed by atoms with van der Waals surface area (Å²) in [7, 11) is 1.84. The SMILES string of the molecule is CCc1ccc(C(NC)c2ccc(Cl)cc2F)s1. The Morgan fingerprint density at radius 1 is 1.33 bits per heavy atom. The fourth-order valence-corrected chi connectivity index (χ4v) is 3.17. The van der Waals surface area contributed by atoms with Gasteiger partial charge in [-0.05, 0) is 37.7 Å². The predicted molar refractivity (Wildman–Crippen MR) is 76.0 cm³/mol. The van der Waals surface area contributed by atoms with E-state index in [2.05, 4.69) is 24.4 Å². The lowest BCUT2D eigenvalue weighted by atomic mass is 10.0. The summed E-state index contributed by atoms with van der Waals surface area (Å²) >= 11 is 7.49. The molecule has 18 heavy (non-hydrogen) atoms. The minimum absolute atomic E-state index is 0.118. The van der Waals surface area contributed by atoms with Crippen molar-refractivity contribution in [2.24, 2.45) is 0 Å². The molecule has 2 rings (SSSR count). The average Bonchev–Trinajstić information content (AvgIpc) is 2.81. The van der Waals surface area contributed by atoms with Crippen LogP contribution in [0.15, 0.2) is 30.3 Å². The molecule has 1 aromatic carbocycles. The summed E-state index contributed by atoms with van der Waals surface area (Å²) in [6.07, 6.45) is 1.00. The first-order valence-electron chi connectivity index (χ1n) is 5.86. The first-order chi connectivity index (χ1) is 8.65. The van der Waals surface area contributed by atoms with Crippen molar-refractivity contribution < 1.29 is 4.39 Å². The van der Waals surface area contributed by atoms with Crippen LogP contribution in [0.4, 0.5) is 4.39 Å². The normalized spacial score (nSPS) is 12.7. The molecule has 0 bridgehead atoms. The van der Waals surface area contributed by atoms with E-state index in [1.807, 2.05) is 7.05 Å². The fourth-order valence-electron chi connectivity index (χ4n) is 1.93. The number of thiophene rings is 1. The maximum absolute atomic E-state index is 13.9. The van der Waals surface area contributed by atoms with Crippen LogP contribution in [0.25, 0.3) is 0 Å². The molecule has 1 N–H and O–H groups in total. The molecular formula is C14H15ClFNS. The van der Waals surface area contributed by atoms with Gasteiger partial charge in [0.1, 0.15) is 5.82 Å². The Bertz CT molecular complexity index is 538. The summed E-state index contributed by atoms with van der Waals surface area (Å²) in [6, 6.07) is 8.85. The van der Waals surface area contributed by atoms with E-state index in [0.29, 0.717) is 10.6 Å². The summed E-state index contributed by atoms with van der Waals surface area (Å²) in [5.41, 5.74) is 0.631. The highest BCUT2D eigenvalue weighted by atomic mass is 35.5. The van der Waals surface area contributed by atoms with Gasteiger partial charge in [-0.1, -0.05) is 24.6 Å². The Balaban J connectivity index is 2.38. The van der Waals surface area contributed by atoms with Gasteiger partial charge in [0.05, 0.1) is 6.04 Å². The molecule has 0 aliphatic heterocycles. The Kier molecular flexibility index (Phi) is 4.38. The van der Waals surface area contributed by atoms with Crippen molar-refractivity contribution in [3.8, 4) is 0 Å². The summed E-state index contributed by atoms with van der Waals surface area (Å²) in [4.78, 5) is 2.43. The highest BCUT2D eigenvalue weighted by Crippen LogP contribution is 2.30. The zero-order valence-corrected chi connectivity index (χ0v) is 11.9. The standard InChI is InChI=1S/C14H15ClFNS/c1-3-10-5-7-13(18-10)14(17-2)11-6-4-9(15)8-12(11)16/h4-8,14,17H,3H2,1-2H3. The molecule has 0 radical (unpaired) electrons. The molecule has 0 aliphatic rings. The van der Waals surface area contributed by atoms with Crippen LogP contribution in [0, 0.1) is 5.82 Å². The van der Waals surface area contributed by atoms with Crippen molar-refractivity contribution in [2.45, 2.75) is 19.4 Å². The Morgan fingerprint density at radius 3 is 2.67 bits per heavy atom. The highest BCUT2D eigenvalue weighted by Gasteiger charge is 2.18. The number of halogens is 2. The van der Waals surface area contributed by atoms with E-state index in [4.69, 9.17) is 11.6 Å². The molecule has 1 unspecified atom stereocenters. The highest BCUT2D eigenvalue weighted by molar-refractivity contribution is 7.12. The number of aryl methyl sites for hydroxylation is 1. The van der Waals surface area contributed by atoms with Crippen LogP contribution in [0.2, 0.25) is 5.02 Å². The molecule has 1 nitrogen and oxygen atoms in total. The van der Waals surface area contributed by atoms with Crippen LogP contribution in [-0.2, 0) is 6.42 Å². The van der Waals surface area contributed by atoms with Gasteiger partial charge in [-0.3, -0.25) is 0 Å². The van der Waals surface area contributed by atoms with E-state index < -0.39 is 0 Å². The van der Waals surface area contributed by atoms with E-state index in [9.17, 15) is 4.39 Å². The van der Waals surface area contributed by atoms with E-state index in [-0.39, 0.29) is 11.9 Å². The first-order valence-corrected chi connectivity index (χ1v) is 7.06. The summed E-state index contributed by atoms with van der Waals surface area (Å²) in [6.45, 7) is 2.12. The minimum Gasteiger partial charge on any atom is -0.309 e. The largest absolute Gasteiger partial charge is 0.309 e. The van der Waals surface area contributed by atoms with E-state index in [1.165, 1.54) is 10.9 Å². The molecule has 0 amide bonds. The first kappa shape index (κ1) is 13.5. The Hall–Kier alpha value is -0.900. The van der Waals surface area contributed by atoms with Gasteiger partial charge in [-0.15, -0.1) is 11.3 Å². The molecule has 0 saturated carbocycles. The number of nitrogens with one attached hydrogen (secondary N) is 1. The molecule has 4 heteroatoms. The lowest BCUT2D eigenvalue weighted by Crippen LogP contribution is -2.17. The molecule has 2 aromatic rings. The van der Waals surface area contributed by atoms with Crippen LogP contribution in [0.3, 0.4) is 0 Å². The molecule has 1 aromatic heterocycles. The van der Waals surface area contributed by atoms with Crippen molar-refractivity contribution in [3.05, 3.63) is 56.5 Å². The lowest BCUT2D eigenvalue weighted by molar-refractivity contribution is 0.579. The molecule has 96 valence electrons. The second-order valence-electron chi connectivity index (χ2n) is 4.05. The monoisotopic (exact) mass is 283 g/mol. The molecule has 1 atom stereocenters. The van der Waals surface area contributed by atoms with Gasteiger partial charge >= 0.3 is 0 Å². The summed E-state index contributed by atoms with van der Waals surface area (Å²) in [5.74, 6) is -0.270. The van der Waals surface area contributed by atoms with Crippen LogP contribution < -0.4 is 5.32 Å². The lowest BCUT2D eigenvalue weighted by Gasteiger charge is -2.16. The Labute approximate surface area is 116 Å². The molecule has 0 spiro atoms. The average molecular weight is 284 g/mol. The maximum atomic E-state index is 13.9. The third-order valence-corrected chi connectivity index (χ3v) is 4.41. The molecule has 1 heterocycles. The zero-order chi connectivity index (χ0) is 13.1. The van der Waals surface area contributed by atoms with E-state index in [0.717, 1.165) is 11.3 Å². The van der Waals surface area contributed by atoms with Crippen LogP contribution in [0.5, 0.6) is 0 Å². The van der Waals surface area contributed by atoms with Gasteiger partial charge in [-0.2, -0.15) is 0 Å². The van der Waals surface area contributed by atoms with E-state index in [1.54, 1.807) is 23.5 Å². The van der Waals surface area contributed by atoms with Gasteiger partial charge in [0.15, 0.2) is 0 Å². The molecule has 0 aliphatic carbocycles. The number of hydrogen-bond acceptors (Lipinski definition) is 2. The third-order valence-electron chi connectivity index (χ3n) is 2.88. The molecule has 0 saturated heterocycles. The number of rotatable bonds is 4. The van der Waals surface area contributed by atoms with Gasteiger partial charge in [0, 0.05) is 20.3 Å². The molecular weight excluding hydrogens is 269 g/mol. The van der Waals surface area contributed by atoms with Crippen LogP contribution >= 0.6 is 22.9 Å². The third kappa shape index (κ3) is 2.74. The minimum atomic E-state index is -0.270. The van der Waals surface area contributed by atoms with Crippen LogP contribution in [0.1, 0.15) is 28.3 Å². The molecule has 0 fully saturated rings. The van der Waals surface area contributed by atoms with Crippen molar-refractivity contribution in [3.63, 3.8) is 0 Å². The van der Waals surface area contributed by atoms with Crippen molar-refractivity contribution in [2.75, 3.05) is 7.05 Å². The predicted octanol–water partition coefficient (Wildman–Crippen LogP) is 4.41. The van der Waals surface area contributed by atoms with Gasteiger partial charge in [0.25, 0.3) is 0 Å². The van der Waals surface area contributed by atoms with Crippen molar-refractivity contribution in [1.82, 2.24) is 5.32 Å². The number of hydrogen-bond donors (Lipinski definition) is 1. The second-order valence-corrected chi connectivity index (χ2v) is 5.68. The summed E-state index contributed by atoms with van der Waals surface area (Å²) < 4.78 is 13.9. The Morgan fingerprint density at radius 2 is 2.11 bits per heavy atom. The zero-order valence-electron chi connectivity index (χ0n) is 10.3. The quantitative estimate of drug-likeness (QED) is 0.876. The second kappa shape index (κ2) is 5.83. The topological polar surface area (TPSA) is 12.0 Å². The van der Waals surface area contributed by atoms with Crippen molar-refractivity contribution >= 4 is 22.9 Å². The maximum Gasteiger partial charge on any atom is 0.129 e. The van der Waals surface area contributed by atoms with Crippen LogP contribution in [-0.4, -0.2) is 7.05 Å². The van der Waals surface area contributed by atoms with Gasteiger partial charge in [0.2, 0.25) is 0 Å². The number of benzene rings is 1. The van der Waals surface area contributed by atoms with Gasteiger partial charge < -0.3 is 5.32 Å². The van der Waals surface area contributed by atoms with E-state index >= 15 is 0 Å². The van der Waals surface area contributed by atoms with Gasteiger partial charge in [-0.25, -0.2) is 4.39 Å².